The summed E-state index contributed by atoms with van der Waals surface area (Å²) in [4.78, 5) is 25.1. The molecule has 31 heavy (non-hydrogen) atoms. The lowest BCUT2D eigenvalue weighted by Crippen LogP contribution is -2.54. The summed E-state index contributed by atoms with van der Waals surface area (Å²) in [5.41, 5.74) is 4.97. The van der Waals surface area contributed by atoms with Gasteiger partial charge in [0.25, 0.3) is 5.91 Å². The average molecular weight is 417 g/mol. The number of anilines is 1. The van der Waals surface area contributed by atoms with Crippen molar-refractivity contribution in [2.45, 2.75) is 39.8 Å². The number of carbonyl (C=O) groups is 1. The first kappa shape index (κ1) is 19.8. The van der Waals surface area contributed by atoms with Gasteiger partial charge in [-0.05, 0) is 57.5 Å². The molecule has 5 rings (SSSR count). The van der Waals surface area contributed by atoms with Crippen LogP contribution in [-0.4, -0.2) is 52.0 Å². The van der Waals surface area contributed by atoms with E-state index < -0.39 is 0 Å². The van der Waals surface area contributed by atoms with Crippen molar-refractivity contribution in [1.82, 2.24) is 25.0 Å². The first-order valence-electron chi connectivity index (χ1n) is 11.0. The van der Waals surface area contributed by atoms with E-state index in [-0.39, 0.29) is 5.91 Å². The van der Waals surface area contributed by atoms with Crippen LogP contribution in [0.1, 0.15) is 36.7 Å². The van der Waals surface area contributed by atoms with E-state index in [1.54, 1.807) is 0 Å². The van der Waals surface area contributed by atoms with Gasteiger partial charge in [-0.1, -0.05) is 12.1 Å². The van der Waals surface area contributed by atoms with E-state index in [9.17, 15) is 4.79 Å². The number of fused-ring (bicyclic) bond motifs is 5. The lowest BCUT2D eigenvalue weighted by molar-refractivity contribution is 0.0957. The molecule has 0 spiro atoms. The third-order valence-corrected chi connectivity index (χ3v) is 6.00. The Morgan fingerprint density at radius 2 is 1.87 bits per heavy atom. The van der Waals surface area contributed by atoms with Gasteiger partial charge in [0.1, 0.15) is 11.5 Å². The fourth-order valence-electron chi connectivity index (χ4n) is 4.73. The molecule has 1 fully saturated rings. The van der Waals surface area contributed by atoms with Crippen LogP contribution in [-0.2, 0) is 0 Å². The molecule has 160 valence electrons. The van der Waals surface area contributed by atoms with Crippen LogP contribution in [0.4, 0.5) is 5.82 Å². The second kappa shape index (κ2) is 7.50. The van der Waals surface area contributed by atoms with Crippen LogP contribution < -0.4 is 15.5 Å². The number of nitrogens with one attached hydrogen (secondary N) is 2. The molecule has 7 nitrogen and oxygen atoms in total. The minimum atomic E-state index is -0.113. The molecule has 0 saturated carbocycles. The molecule has 2 N–H and O–H groups in total. The van der Waals surface area contributed by atoms with E-state index in [1.807, 2.05) is 41.7 Å². The predicted octanol–water partition coefficient (Wildman–Crippen LogP) is 3.28. The summed E-state index contributed by atoms with van der Waals surface area (Å²) in [6.45, 7) is 10.8. The Kier molecular flexibility index (Phi) is 4.78. The Bertz CT molecular complexity index is 1300. The summed E-state index contributed by atoms with van der Waals surface area (Å²) in [5.74, 6) is 0.855. The molecule has 7 heteroatoms. The molecular formula is C24H28N6O. The summed E-state index contributed by atoms with van der Waals surface area (Å²) >= 11 is 0. The van der Waals surface area contributed by atoms with Crippen LogP contribution in [0.15, 0.2) is 36.4 Å². The molecule has 3 aromatic heterocycles. The van der Waals surface area contributed by atoms with Gasteiger partial charge in [0.15, 0.2) is 5.65 Å². The van der Waals surface area contributed by atoms with Gasteiger partial charge in [-0.15, -0.1) is 0 Å². The maximum Gasteiger partial charge on any atom is 0.255 e. The monoisotopic (exact) mass is 416 g/mol. The zero-order valence-corrected chi connectivity index (χ0v) is 18.4. The first-order chi connectivity index (χ1) is 15.0. The zero-order chi connectivity index (χ0) is 21.7. The maximum atomic E-state index is 12.9. The number of aromatic nitrogens is 3. The quantitative estimate of drug-likeness (QED) is 0.536. The lowest BCUT2D eigenvalue weighted by atomic mass is 10.1. The summed E-state index contributed by atoms with van der Waals surface area (Å²) in [7, 11) is 0. The number of carbonyl (C=O) groups excluding carboxylic acids is 1. The van der Waals surface area contributed by atoms with Crippen molar-refractivity contribution in [3.8, 4) is 0 Å². The molecule has 2 unspecified atom stereocenters. The minimum Gasteiger partial charge on any atom is -0.353 e. The lowest BCUT2D eigenvalue weighted by Gasteiger charge is -2.37. The summed E-state index contributed by atoms with van der Waals surface area (Å²) in [6, 6.07) is 12.9. The SMILES string of the molecule is CCNC(=O)c1cc2c(C)cc(N3CC(C)NC(C)C3)nc2n2c1nc1ccccc12. The average Bonchev–Trinajstić information content (AvgIpc) is 3.12. The van der Waals surface area contributed by atoms with Gasteiger partial charge in [0.2, 0.25) is 0 Å². The van der Waals surface area contributed by atoms with Gasteiger partial charge in [-0.3, -0.25) is 9.20 Å². The van der Waals surface area contributed by atoms with E-state index in [0.29, 0.717) is 29.8 Å². The second-order valence-electron chi connectivity index (χ2n) is 8.59. The standard InChI is InChI=1S/C24H28N6O/c1-5-25-24(31)18-11-17-14(2)10-21(29-12-15(3)26-16(4)13-29)28-22(17)30-20-9-7-6-8-19(20)27-23(18)30/h6-11,15-16,26H,5,12-13H2,1-4H3,(H,25,31). The van der Waals surface area contributed by atoms with Crippen molar-refractivity contribution >= 4 is 39.4 Å². The van der Waals surface area contributed by atoms with Gasteiger partial charge in [0, 0.05) is 37.1 Å². The van der Waals surface area contributed by atoms with Crippen LogP contribution in [0, 0.1) is 6.92 Å². The molecular weight excluding hydrogens is 388 g/mol. The molecule has 2 atom stereocenters. The van der Waals surface area contributed by atoms with Gasteiger partial charge in [-0.2, -0.15) is 0 Å². The minimum absolute atomic E-state index is 0.113. The number of benzene rings is 1. The van der Waals surface area contributed by atoms with E-state index in [2.05, 4.69) is 42.4 Å². The number of rotatable bonds is 3. The Labute approximate surface area is 181 Å². The van der Waals surface area contributed by atoms with Crippen LogP contribution in [0.5, 0.6) is 0 Å². The number of para-hydroxylation sites is 2. The number of aryl methyl sites for hydroxylation is 1. The topological polar surface area (TPSA) is 74.6 Å². The molecule has 1 aliphatic heterocycles. The molecule has 4 heterocycles. The highest BCUT2D eigenvalue weighted by Crippen LogP contribution is 2.30. The number of amides is 1. The number of imidazole rings is 1. The van der Waals surface area contributed by atoms with Crippen LogP contribution in [0.3, 0.4) is 0 Å². The maximum absolute atomic E-state index is 12.9. The molecule has 1 saturated heterocycles. The fourth-order valence-corrected chi connectivity index (χ4v) is 4.73. The number of pyridine rings is 2. The Hall–Kier alpha value is -3.19. The third-order valence-electron chi connectivity index (χ3n) is 6.00. The van der Waals surface area contributed by atoms with Crippen LogP contribution in [0.25, 0.3) is 27.7 Å². The molecule has 0 aliphatic carbocycles. The van der Waals surface area contributed by atoms with Crippen LogP contribution >= 0.6 is 0 Å². The summed E-state index contributed by atoms with van der Waals surface area (Å²) in [5, 5.41) is 7.48. The predicted molar refractivity (Wildman–Crippen MR) is 125 cm³/mol. The Balaban J connectivity index is 1.81. The van der Waals surface area contributed by atoms with Crippen LogP contribution in [0.2, 0.25) is 0 Å². The number of hydrogen-bond acceptors (Lipinski definition) is 5. The van der Waals surface area contributed by atoms with Gasteiger partial charge >= 0.3 is 0 Å². The van der Waals surface area contributed by atoms with Gasteiger partial charge in [-0.25, -0.2) is 9.97 Å². The highest BCUT2D eigenvalue weighted by molar-refractivity contribution is 6.06. The van der Waals surface area contributed by atoms with E-state index in [4.69, 9.17) is 9.97 Å². The number of piperazine rings is 1. The molecule has 1 aromatic carbocycles. The number of hydrogen-bond donors (Lipinski definition) is 2. The third kappa shape index (κ3) is 3.29. The van der Waals surface area contributed by atoms with E-state index in [1.165, 1.54) is 0 Å². The van der Waals surface area contributed by atoms with E-state index in [0.717, 1.165) is 46.5 Å². The molecule has 1 aliphatic rings. The normalized spacial score (nSPS) is 19.4. The van der Waals surface area contributed by atoms with E-state index >= 15 is 0 Å². The molecule has 4 aromatic rings. The van der Waals surface area contributed by atoms with Crippen molar-refractivity contribution in [1.29, 1.82) is 0 Å². The van der Waals surface area contributed by atoms with Crippen molar-refractivity contribution < 1.29 is 4.79 Å². The smallest absolute Gasteiger partial charge is 0.255 e. The Morgan fingerprint density at radius 3 is 2.61 bits per heavy atom. The highest BCUT2D eigenvalue weighted by Gasteiger charge is 2.24. The summed E-state index contributed by atoms with van der Waals surface area (Å²) in [6.07, 6.45) is 0. The van der Waals surface area contributed by atoms with Crippen molar-refractivity contribution in [3.05, 3.63) is 47.5 Å². The van der Waals surface area contributed by atoms with Crippen molar-refractivity contribution in [2.24, 2.45) is 0 Å². The zero-order valence-electron chi connectivity index (χ0n) is 18.4. The van der Waals surface area contributed by atoms with Gasteiger partial charge < -0.3 is 15.5 Å². The van der Waals surface area contributed by atoms with Crippen molar-refractivity contribution in [3.63, 3.8) is 0 Å². The molecule has 0 radical (unpaired) electrons. The highest BCUT2D eigenvalue weighted by atomic mass is 16.1. The summed E-state index contributed by atoms with van der Waals surface area (Å²) < 4.78 is 2.04. The Morgan fingerprint density at radius 1 is 1.13 bits per heavy atom. The molecule has 1 amide bonds. The largest absolute Gasteiger partial charge is 0.353 e. The number of nitrogens with zero attached hydrogens (tertiary/aromatic N) is 4. The van der Waals surface area contributed by atoms with Crippen molar-refractivity contribution in [2.75, 3.05) is 24.5 Å². The second-order valence-corrected chi connectivity index (χ2v) is 8.59. The van der Waals surface area contributed by atoms with Gasteiger partial charge in [0.05, 0.1) is 16.6 Å². The first-order valence-corrected chi connectivity index (χ1v) is 11.0. The molecule has 0 bridgehead atoms. The fraction of sp³-hybridized carbons (Fsp3) is 0.375.